The highest BCUT2D eigenvalue weighted by Crippen LogP contribution is 2.27. The van der Waals surface area contributed by atoms with Crippen molar-refractivity contribution in [2.24, 2.45) is 10.9 Å². The van der Waals surface area contributed by atoms with Crippen molar-refractivity contribution >= 4 is 17.3 Å². The summed E-state index contributed by atoms with van der Waals surface area (Å²) in [5.41, 5.74) is 1.17. The van der Waals surface area contributed by atoms with Crippen molar-refractivity contribution < 1.29 is 0 Å². The van der Waals surface area contributed by atoms with Gasteiger partial charge in [-0.05, 0) is 12.3 Å². The van der Waals surface area contributed by atoms with Gasteiger partial charge in [-0.3, -0.25) is 4.99 Å². The van der Waals surface area contributed by atoms with Crippen LogP contribution < -0.4 is 5.32 Å². The van der Waals surface area contributed by atoms with E-state index in [9.17, 15) is 0 Å². The molecule has 26 heavy (non-hydrogen) atoms. The van der Waals surface area contributed by atoms with Crippen molar-refractivity contribution in [3.8, 4) is 0 Å². The average molecular weight is 375 g/mol. The fourth-order valence-electron chi connectivity index (χ4n) is 3.43. The molecule has 0 radical (unpaired) electrons. The van der Waals surface area contributed by atoms with Crippen LogP contribution in [0.5, 0.6) is 0 Å². The number of thiazole rings is 1. The monoisotopic (exact) mass is 374 g/mol. The number of aromatic nitrogens is 3. The van der Waals surface area contributed by atoms with Gasteiger partial charge in [0.1, 0.15) is 0 Å². The second-order valence-electron chi connectivity index (χ2n) is 7.34. The minimum absolute atomic E-state index is 0.442. The molecule has 0 aliphatic carbocycles. The number of nitrogens with one attached hydrogen (secondary N) is 1. The number of guanidine groups is 1. The second-order valence-corrected chi connectivity index (χ2v) is 8.23. The molecule has 1 aliphatic heterocycles. The minimum atomic E-state index is 0.442. The number of nitrogens with zero attached hydrogens (tertiary/aromatic N) is 5. The highest BCUT2D eigenvalue weighted by molar-refractivity contribution is 7.09. The van der Waals surface area contributed by atoms with Crippen molar-refractivity contribution in [1.82, 2.24) is 24.8 Å². The van der Waals surface area contributed by atoms with Crippen LogP contribution in [0.15, 0.2) is 29.1 Å². The van der Waals surface area contributed by atoms with Gasteiger partial charge in [0.05, 0.1) is 23.1 Å². The Balaban J connectivity index is 1.55. The van der Waals surface area contributed by atoms with Crippen LogP contribution >= 0.6 is 11.3 Å². The molecule has 142 valence electrons. The molecule has 2 aromatic rings. The second kappa shape index (κ2) is 8.66. The van der Waals surface area contributed by atoms with E-state index in [0.717, 1.165) is 38.4 Å². The predicted molar refractivity (Wildman–Crippen MR) is 108 cm³/mol. The van der Waals surface area contributed by atoms with Gasteiger partial charge in [-0.1, -0.05) is 20.8 Å². The minimum Gasteiger partial charge on any atom is -0.356 e. The quantitative estimate of drug-likeness (QED) is 0.645. The summed E-state index contributed by atoms with van der Waals surface area (Å²) in [5.74, 6) is 2.13. The zero-order chi connectivity index (χ0) is 18.5. The molecule has 0 bridgehead atoms. The van der Waals surface area contributed by atoms with Crippen molar-refractivity contribution in [1.29, 1.82) is 0 Å². The normalized spacial score (nSPS) is 21.4. The van der Waals surface area contributed by atoms with E-state index in [1.165, 1.54) is 10.7 Å². The largest absolute Gasteiger partial charge is 0.356 e. The Morgan fingerprint density at radius 1 is 1.46 bits per heavy atom. The summed E-state index contributed by atoms with van der Waals surface area (Å²) < 4.78 is 2.23. The first-order chi connectivity index (χ1) is 12.6. The predicted octanol–water partition coefficient (Wildman–Crippen LogP) is 3.16. The third kappa shape index (κ3) is 4.44. The van der Waals surface area contributed by atoms with Gasteiger partial charge in [0.15, 0.2) is 5.96 Å². The number of hydrogen-bond acceptors (Lipinski definition) is 4. The lowest BCUT2D eigenvalue weighted by Crippen LogP contribution is -2.49. The van der Waals surface area contributed by atoms with Gasteiger partial charge >= 0.3 is 0 Å². The lowest BCUT2D eigenvalue weighted by Gasteiger charge is -2.39. The van der Waals surface area contributed by atoms with Crippen LogP contribution in [0.1, 0.15) is 49.9 Å². The molecule has 0 amide bonds. The Hall–Kier alpha value is -1.89. The maximum Gasteiger partial charge on any atom is 0.193 e. The van der Waals surface area contributed by atoms with Crippen LogP contribution in [0, 0.1) is 5.92 Å². The van der Waals surface area contributed by atoms with Gasteiger partial charge in [-0.25, -0.2) is 9.97 Å². The van der Waals surface area contributed by atoms with E-state index in [4.69, 9.17) is 4.98 Å². The van der Waals surface area contributed by atoms with E-state index >= 15 is 0 Å². The maximum atomic E-state index is 4.72. The first-order valence-electron chi connectivity index (χ1n) is 9.45. The molecule has 1 saturated heterocycles. The molecule has 2 atom stereocenters. The fraction of sp³-hybridized carbons (Fsp3) is 0.632. The lowest BCUT2D eigenvalue weighted by molar-refractivity contribution is 0.189. The maximum absolute atomic E-state index is 4.72. The molecule has 1 fully saturated rings. The zero-order valence-corrected chi connectivity index (χ0v) is 17.0. The standard InChI is InChI=1S/C19H30N6S/c1-14(2)18-23-16(12-26-18)5-7-22-19(20-4)24-9-6-15(3)17(11-24)25-10-8-21-13-25/h8,10,12-15,17H,5-7,9,11H2,1-4H3,(H,20,22). The lowest BCUT2D eigenvalue weighted by atomic mass is 9.93. The molecule has 7 heteroatoms. The third-order valence-electron chi connectivity index (χ3n) is 5.07. The van der Waals surface area contributed by atoms with E-state index in [2.05, 4.69) is 57.1 Å². The Morgan fingerprint density at radius 2 is 2.31 bits per heavy atom. The van der Waals surface area contributed by atoms with Crippen LogP contribution in [-0.2, 0) is 6.42 Å². The molecule has 3 heterocycles. The molecule has 1 aliphatic rings. The number of likely N-dealkylation sites (tertiary alicyclic amines) is 1. The van der Waals surface area contributed by atoms with Crippen molar-refractivity contribution in [2.75, 3.05) is 26.7 Å². The Bertz CT molecular complexity index is 705. The topological polar surface area (TPSA) is 58.3 Å². The summed E-state index contributed by atoms with van der Waals surface area (Å²) in [7, 11) is 1.87. The van der Waals surface area contributed by atoms with Gasteiger partial charge in [0.2, 0.25) is 0 Å². The van der Waals surface area contributed by atoms with Crippen LogP contribution in [0.2, 0.25) is 0 Å². The molecule has 1 N–H and O–H groups in total. The molecule has 0 saturated carbocycles. The van der Waals surface area contributed by atoms with E-state index in [0.29, 0.717) is 17.9 Å². The molecule has 0 aromatic carbocycles. The number of imidazole rings is 1. The summed E-state index contributed by atoms with van der Waals surface area (Å²) in [4.78, 5) is 15.8. The summed E-state index contributed by atoms with van der Waals surface area (Å²) in [6, 6.07) is 0.442. The molecule has 0 spiro atoms. The van der Waals surface area contributed by atoms with E-state index < -0.39 is 0 Å². The number of piperidine rings is 1. The van der Waals surface area contributed by atoms with Crippen LogP contribution in [0.25, 0.3) is 0 Å². The van der Waals surface area contributed by atoms with Crippen molar-refractivity contribution in [2.45, 2.75) is 45.6 Å². The molecule has 6 nitrogen and oxygen atoms in total. The highest BCUT2D eigenvalue weighted by atomic mass is 32.1. The van der Waals surface area contributed by atoms with Gasteiger partial charge in [0, 0.05) is 56.8 Å². The number of hydrogen-bond donors (Lipinski definition) is 1. The Labute approximate surface area is 160 Å². The fourth-order valence-corrected chi connectivity index (χ4v) is 4.30. The SMILES string of the molecule is CN=C(NCCc1csc(C(C)C)n1)N1CCC(C)C(n2ccnc2)C1. The number of rotatable bonds is 5. The Morgan fingerprint density at radius 3 is 2.96 bits per heavy atom. The molecule has 2 aromatic heterocycles. The molecule has 3 rings (SSSR count). The van der Waals surface area contributed by atoms with E-state index in [1.54, 1.807) is 11.3 Å². The van der Waals surface area contributed by atoms with Crippen molar-refractivity contribution in [3.05, 3.63) is 34.8 Å². The summed E-state index contributed by atoms with van der Waals surface area (Å²) in [5, 5.41) is 6.92. The third-order valence-corrected chi connectivity index (χ3v) is 6.26. The van der Waals surface area contributed by atoms with Gasteiger partial charge in [-0.15, -0.1) is 11.3 Å². The van der Waals surface area contributed by atoms with Gasteiger partial charge in [-0.2, -0.15) is 0 Å². The van der Waals surface area contributed by atoms with Crippen molar-refractivity contribution in [3.63, 3.8) is 0 Å². The van der Waals surface area contributed by atoms with E-state index in [-0.39, 0.29) is 0 Å². The molecule has 2 unspecified atom stereocenters. The first kappa shape index (κ1) is 18.9. The zero-order valence-electron chi connectivity index (χ0n) is 16.2. The first-order valence-corrected chi connectivity index (χ1v) is 10.3. The average Bonchev–Trinajstić information content (AvgIpc) is 3.31. The van der Waals surface area contributed by atoms with Gasteiger partial charge < -0.3 is 14.8 Å². The van der Waals surface area contributed by atoms with E-state index in [1.807, 2.05) is 19.6 Å². The highest BCUT2D eigenvalue weighted by Gasteiger charge is 2.28. The summed E-state index contributed by atoms with van der Waals surface area (Å²) in [6.45, 7) is 9.57. The van der Waals surface area contributed by atoms with Gasteiger partial charge in [0.25, 0.3) is 0 Å². The van der Waals surface area contributed by atoms with Crippen LogP contribution in [-0.4, -0.2) is 52.1 Å². The molecular weight excluding hydrogens is 344 g/mol. The summed E-state index contributed by atoms with van der Waals surface area (Å²) >= 11 is 1.76. The molecular formula is C19H30N6S. The van der Waals surface area contributed by atoms with Crippen LogP contribution in [0.3, 0.4) is 0 Å². The Kier molecular flexibility index (Phi) is 6.29. The summed E-state index contributed by atoms with van der Waals surface area (Å²) in [6.07, 6.45) is 7.94. The number of aliphatic imine (C=N–C) groups is 1. The van der Waals surface area contributed by atoms with Crippen LogP contribution in [0.4, 0.5) is 0 Å². The smallest absolute Gasteiger partial charge is 0.193 e.